The minimum atomic E-state index is -0.540. The van der Waals surface area contributed by atoms with Crippen LogP contribution in [-0.4, -0.2) is 23.7 Å². The Morgan fingerprint density at radius 3 is 2.41 bits per heavy atom. The highest BCUT2D eigenvalue weighted by Crippen LogP contribution is 2.13. The summed E-state index contributed by atoms with van der Waals surface area (Å²) in [4.78, 5) is 4.21. The van der Waals surface area contributed by atoms with Gasteiger partial charge in [-0.1, -0.05) is 36.4 Å². The van der Waals surface area contributed by atoms with Gasteiger partial charge in [0.05, 0.1) is 12.6 Å². The average molecular weight is 297 g/mol. The fraction of sp³-hybridized carbons (Fsp3) is 0.278. The lowest BCUT2D eigenvalue weighted by Gasteiger charge is -2.10. The summed E-state index contributed by atoms with van der Waals surface area (Å²) in [5.74, 6) is 0.317. The van der Waals surface area contributed by atoms with E-state index in [0.29, 0.717) is 12.4 Å². The van der Waals surface area contributed by atoms with Crippen LogP contribution in [0.2, 0.25) is 0 Å². The minimum absolute atomic E-state index is 0.276. The van der Waals surface area contributed by atoms with Gasteiger partial charge in [0.25, 0.3) is 0 Å². The molecule has 0 saturated heterocycles. The summed E-state index contributed by atoms with van der Waals surface area (Å²) in [5, 5.41) is 13.1. The zero-order valence-corrected chi connectivity index (χ0v) is 13.1. The second-order valence-corrected chi connectivity index (χ2v) is 5.57. The number of anilines is 1. The molecule has 1 unspecified atom stereocenters. The summed E-state index contributed by atoms with van der Waals surface area (Å²) in [5.41, 5.74) is 10.2. The van der Waals surface area contributed by atoms with Crippen LogP contribution < -0.4 is 11.1 Å². The lowest BCUT2D eigenvalue weighted by molar-refractivity contribution is 0.184. The van der Waals surface area contributed by atoms with E-state index in [1.54, 1.807) is 0 Å². The van der Waals surface area contributed by atoms with Crippen molar-refractivity contribution in [3.63, 3.8) is 0 Å². The summed E-state index contributed by atoms with van der Waals surface area (Å²) < 4.78 is 0. The van der Waals surface area contributed by atoms with Crippen LogP contribution >= 0.6 is 0 Å². The maximum absolute atomic E-state index is 10.0. The van der Waals surface area contributed by atoms with Crippen molar-refractivity contribution in [3.05, 3.63) is 65.2 Å². The van der Waals surface area contributed by atoms with Gasteiger partial charge in [0.1, 0.15) is 0 Å². The van der Waals surface area contributed by atoms with Crippen molar-refractivity contribution < 1.29 is 5.11 Å². The number of hydrogen-bond donors (Lipinski definition) is 3. The number of aliphatic hydroxyl groups excluding tert-OH is 1. The Morgan fingerprint density at radius 2 is 1.77 bits per heavy atom. The standard InChI is InChI=1S/C18H23N3O/c1-13-8-14(2)10-16(9-13)21-18(19)20-12-17(22)11-15-6-4-3-5-7-15/h3-10,17,22H,11-12H2,1-2H3,(H3,19,20,21). The van der Waals surface area contributed by atoms with E-state index in [-0.39, 0.29) is 6.54 Å². The molecule has 0 aromatic heterocycles. The quantitative estimate of drug-likeness (QED) is 0.587. The van der Waals surface area contributed by atoms with E-state index in [1.807, 2.05) is 56.3 Å². The number of nitrogens with zero attached hydrogens (tertiary/aromatic N) is 1. The molecule has 2 aromatic carbocycles. The molecule has 1 atom stereocenters. The first-order chi connectivity index (χ1) is 10.5. The first kappa shape index (κ1) is 16.0. The van der Waals surface area contributed by atoms with Crippen molar-refractivity contribution >= 4 is 11.6 Å². The molecule has 4 heteroatoms. The number of nitrogens with two attached hydrogens (primary N) is 1. The Morgan fingerprint density at radius 1 is 1.14 bits per heavy atom. The smallest absolute Gasteiger partial charge is 0.193 e. The first-order valence-electron chi connectivity index (χ1n) is 7.40. The maximum atomic E-state index is 10.0. The lowest BCUT2D eigenvalue weighted by atomic mass is 10.1. The van der Waals surface area contributed by atoms with Gasteiger partial charge in [-0.2, -0.15) is 0 Å². The third-order valence-electron chi connectivity index (χ3n) is 3.28. The molecule has 0 radical (unpaired) electrons. The molecule has 0 aliphatic rings. The number of aliphatic imine (C=N–C) groups is 1. The number of rotatable bonds is 5. The summed E-state index contributed by atoms with van der Waals surface area (Å²) in [7, 11) is 0. The molecule has 2 aromatic rings. The van der Waals surface area contributed by atoms with Gasteiger partial charge in [0.2, 0.25) is 0 Å². The van der Waals surface area contributed by atoms with E-state index in [4.69, 9.17) is 5.73 Å². The predicted molar refractivity (Wildman–Crippen MR) is 92.2 cm³/mol. The molecule has 116 valence electrons. The van der Waals surface area contributed by atoms with Crippen LogP contribution in [0.4, 0.5) is 5.69 Å². The third kappa shape index (κ3) is 5.22. The van der Waals surface area contributed by atoms with Gasteiger partial charge in [-0.3, -0.25) is 4.99 Å². The molecule has 0 spiro atoms. The molecule has 0 aliphatic carbocycles. The normalized spacial score (nSPS) is 13.0. The molecule has 0 aliphatic heterocycles. The van der Waals surface area contributed by atoms with Crippen molar-refractivity contribution in [2.24, 2.45) is 10.7 Å². The largest absolute Gasteiger partial charge is 0.391 e. The molecular formula is C18H23N3O. The van der Waals surface area contributed by atoms with Gasteiger partial charge in [-0.25, -0.2) is 0 Å². The van der Waals surface area contributed by atoms with E-state index < -0.39 is 6.10 Å². The molecular weight excluding hydrogens is 274 g/mol. The SMILES string of the molecule is Cc1cc(C)cc(NC(N)=NCC(O)Cc2ccccc2)c1. The Balaban J connectivity index is 1.89. The van der Waals surface area contributed by atoms with Crippen molar-refractivity contribution in [1.82, 2.24) is 0 Å². The molecule has 0 fully saturated rings. The van der Waals surface area contributed by atoms with Crippen LogP contribution in [0.25, 0.3) is 0 Å². The minimum Gasteiger partial charge on any atom is -0.391 e. The topological polar surface area (TPSA) is 70.6 Å². The first-order valence-corrected chi connectivity index (χ1v) is 7.40. The molecule has 0 saturated carbocycles. The van der Waals surface area contributed by atoms with Crippen molar-refractivity contribution in [1.29, 1.82) is 0 Å². The molecule has 4 N–H and O–H groups in total. The highest BCUT2D eigenvalue weighted by Gasteiger charge is 2.05. The van der Waals surface area contributed by atoms with Gasteiger partial charge in [-0.05, 0) is 42.7 Å². The molecule has 22 heavy (non-hydrogen) atoms. The van der Waals surface area contributed by atoms with Crippen LogP contribution in [0.1, 0.15) is 16.7 Å². The van der Waals surface area contributed by atoms with E-state index in [1.165, 1.54) is 11.1 Å². The highest BCUT2D eigenvalue weighted by molar-refractivity contribution is 5.92. The zero-order valence-electron chi connectivity index (χ0n) is 13.1. The van der Waals surface area contributed by atoms with E-state index >= 15 is 0 Å². The van der Waals surface area contributed by atoms with Crippen LogP contribution in [0, 0.1) is 13.8 Å². The fourth-order valence-electron chi connectivity index (χ4n) is 2.39. The number of nitrogens with one attached hydrogen (secondary N) is 1. The number of aliphatic hydroxyl groups is 1. The molecule has 0 bridgehead atoms. The number of guanidine groups is 1. The molecule has 4 nitrogen and oxygen atoms in total. The lowest BCUT2D eigenvalue weighted by Crippen LogP contribution is -2.25. The van der Waals surface area contributed by atoms with E-state index in [0.717, 1.165) is 11.3 Å². The van der Waals surface area contributed by atoms with Crippen molar-refractivity contribution in [2.45, 2.75) is 26.4 Å². The fourth-order valence-corrected chi connectivity index (χ4v) is 2.39. The summed E-state index contributed by atoms with van der Waals surface area (Å²) in [6.45, 7) is 4.35. The Labute approximate surface area is 131 Å². The molecule has 0 heterocycles. The second-order valence-electron chi connectivity index (χ2n) is 5.57. The summed E-state index contributed by atoms with van der Waals surface area (Å²) in [6.07, 6.45) is 0.0308. The Hall–Kier alpha value is -2.33. The van der Waals surface area contributed by atoms with Crippen LogP contribution in [0.15, 0.2) is 53.5 Å². The molecule has 2 rings (SSSR count). The van der Waals surface area contributed by atoms with Crippen molar-refractivity contribution in [3.8, 4) is 0 Å². The maximum Gasteiger partial charge on any atom is 0.193 e. The van der Waals surface area contributed by atoms with Gasteiger partial charge >= 0.3 is 0 Å². The number of benzene rings is 2. The Kier molecular flexibility index (Phi) is 5.55. The number of aryl methyl sites for hydroxylation is 2. The third-order valence-corrected chi connectivity index (χ3v) is 3.28. The van der Waals surface area contributed by atoms with Crippen molar-refractivity contribution in [2.75, 3.05) is 11.9 Å². The van der Waals surface area contributed by atoms with Crippen LogP contribution in [0.5, 0.6) is 0 Å². The predicted octanol–water partition coefficient (Wildman–Crippen LogP) is 2.63. The zero-order chi connectivity index (χ0) is 15.9. The summed E-state index contributed by atoms with van der Waals surface area (Å²) >= 11 is 0. The van der Waals surface area contributed by atoms with Gasteiger partial charge in [0, 0.05) is 12.1 Å². The van der Waals surface area contributed by atoms with E-state index in [9.17, 15) is 5.11 Å². The second kappa shape index (κ2) is 7.61. The molecule has 0 amide bonds. The van der Waals surface area contributed by atoms with Crippen LogP contribution in [-0.2, 0) is 6.42 Å². The Bertz CT molecular complexity index is 618. The van der Waals surface area contributed by atoms with Gasteiger partial charge in [0.15, 0.2) is 5.96 Å². The monoisotopic (exact) mass is 297 g/mol. The average Bonchev–Trinajstić information content (AvgIpc) is 2.45. The highest BCUT2D eigenvalue weighted by atomic mass is 16.3. The van der Waals surface area contributed by atoms with Gasteiger partial charge in [-0.15, -0.1) is 0 Å². The van der Waals surface area contributed by atoms with E-state index in [2.05, 4.69) is 16.4 Å². The van der Waals surface area contributed by atoms with Crippen LogP contribution in [0.3, 0.4) is 0 Å². The summed E-state index contributed by atoms with van der Waals surface area (Å²) in [6, 6.07) is 16.0. The number of hydrogen-bond acceptors (Lipinski definition) is 2. The van der Waals surface area contributed by atoms with Gasteiger partial charge < -0.3 is 16.2 Å².